The van der Waals surface area contributed by atoms with Crippen LogP contribution in [0, 0.1) is 13.8 Å². The number of hydrogen-bond acceptors (Lipinski definition) is 5. The number of halogens is 2. The largest absolute Gasteiger partial charge is 0.490 e. The van der Waals surface area contributed by atoms with Gasteiger partial charge in [0.05, 0.1) is 22.9 Å². The third-order valence-electron chi connectivity index (χ3n) is 5.08. The van der Waals surface area contributed by atoms with E-state index in [2.05, 4.69) is 15.8 Å². The predicted molar refractivity (Wildman–Crippen MR) is 139 cm³/mol. The summed E-state index contributed by atoms with van der Waals surface area (Å²) in [7, 11) is 0. The highest BCUT2D eigenvalue weighted by Crippen LogP contribution is 2.30. The summed E-state index contributed by atoms with van der Waals surface area (Å²) in [5.74, 6) is -0.645. The highest BCUT2D eigenvalue weighted by Gasteiger charge is 2.14. The molecule has 35 heavy (non-hydrogen) atoms. The normalized spacial score (nSPS) is 10.8. The van der Waals surface area contributed by atoms with Crippen molar-refractivity contribution in [1.29, 1.82) is 0 Å². The molecular weight excluding hydrogens is 489 g/mol. The van der Waals surface area contributed by atoms with Gasteiger partial charge >= 0.3 is 11.8 Å². The summed E-state index contributed by atoms with van der Waals surface area (Å²) in [5, 5.41) is 7.40. The van der Waals surface area contributed by atoms with Crippen molar-refractivity contribution in [1.82, 2.24) is 5.43 Å². The lowest BCUT2D eigenvalue weighted by molar-refractivity contribution is -0.136. The van der Waals surface area contributed by atoms with Gasteiger partial charge in [0.1, 0.15) is 6.61 Å². The minimum Gasteiger partial charge on any atom is -0.490 e. The molecule has 0 spiro atoms. The standard InChI is InChI=1S/C26H25Cl2N3O4/c1-4-34-24-13-18(9-11-23(24)35-15-19-8-10-20(27)21(28)12-19)14-29-31-26(33)25(32)30-22-7-5-6-16(2)17(22)3/h5-14H,4,15H2,1-3H3,(H,30,32)(H,31,33)/b29-14-. The molecule has 0 unspecified atom stereocenters. The maximum absolute atomic E-state index is 12.2. The van der Waals surface area contributed by atoms with Crippen LogP contribution in [-0.2, 0) is 16.2 Å². The molecule has 182 valence electrons. The number of hydrogen-bond donors (Lipinski definition) is 2. The van der Waals surface area contributed by atoms with Gasteiger partial charge in [0, 0.05) is 5.69 Å². The molecule has 0 saturated heterocycles. The van der Waals surface area contributed by atoms with Crippen LogP contribution in [0.2, 0.25) is 10.0 Å². The van der Waals surface area contributed by atoms with E-state index in [0.717, 1.165) is 16.7 Å². The Labute approximate surface area is 214 Å². The van der Waals surface area contributed by atoms with Crippen LogP contribution < -0.4 is 20.2 Å². The first-order chi connectivity index (χ1) is 16.8. The van der Waals surface area contributed by atoms with Gasteiger partial charge in [0.15, 0.2) is 11.5 Å². The van der Waals surface area contributed by atoms with E-state index in [4.69, 9.17) is 32.7 Å². The third-order valence-corrected chi connectivity index (χ3v) is 5.82. The summed E-state index contributed by atoms with van der Waals surface area (Å²) >= 11 is 12.0. The molecule has 3 aromatic carbocycles. The molecule has 2 N–H and O–H groups in total. The van der Waals surface area contributed by atoms with Gasteiger partial charge in [0.25, 0.3) is 0 Å². The molecule has 0 atom stereocenters. The molecule has 3 rings (SSSR count). The summed E-state index contributed by atoms with van der Waals surface area (Å²) in [6, 6.07) is 16.0. The van der Waals surface area contributed by atoms with Gasteiger partial charge in [-0.05, 0) is 79.4 Å². The lowest BCUT2D eigenvalue weighted by Gasteiger charge is -2.13. The van der Waals surface area contributed by atoms with Crippen molar-refractivity contribution in [3.8, 4) is 11.5 Å². The molecule has 0 aliphatic heterocycles. The summed E-state index contributed by atoms with van der Waals surface area (Å²) in [5.41, 5.74) is 6.21. The van der Waals surface area contributed by atoms with Gasteiger partial charge in [-0.1, -0.05) is 41.4 Å². The number of benzene rings is 3. The van der Waals surface area contributed by atoms with Crippen molar-refractivity contribution in [3.05, 3.63) is 86.9 Å². The van der Waals surface area contributed by atoms with E-state index in [0.29, 0.717) is 39.4 Å². The summed E-state index contributed by atoms with van der Waals surface area (Å²) in [4.78, 5) is 24.3. The van der Waals surface area contributed by atoms with E-state index in [1.807, 2.05) is 39.0 Å². The predicted octanol–water partition coefficient (Wildman–Crippen LogP) is 5.68. The molecule has 0 heterocycles. The lowest BCUT2D eigenvalue weighted by Crippen LogP contribution is -2.32. The van der Waals surface area contributed by atoms with Gasteiger partial charge < -0.3 is 14.8 Å². The zero-order chi connectivity index (χ0) is 25.4. The van der Waals surface area contributed by atoms with Crippen LogP contribution in [0.3, 0.4) is 0 Å². The van der Waals surface area contributed by atoms with Crippen molar-refractivity contribution in [2.75, 3.05) is 11.9 Å². The van der Waals surface area contributed by atoms with Gasteiger partial charge in [-0.2, -0.15) is 5.10 Å². The zero-order valence-corrected chi connectivity index (χ0v) is 21.0. The third kappa shape index (κ3) is 7.21. The number of ether oxygens (including phenoxy) is 2. The number of anilines is 1. The number of amides is 2. The quantitative estimate of drug-likeness (QED) is 0.230. The minimum atomic E-state index is -0.881. The molecule has 0 saturated carbocycles. The first-order valence-electron chi connectivity index (χ1n) is 10.8. The van der Waals surface area contributed by atoms with E-state index in [-0.39, 0.29) is 6.61 Å². The maximum Gasteiger partial charge on any atom is 0.329 e. The first kappa shape index (κ1) is 26.1. The topological polar surface area (TPSA) is 89.0 Å². The average molecular weight is 514 g/mol. The molecule has 0 aliphatic carbocycles. The van der Waals surface area contributed by atoms with E-state index >= 15 is 0 Å². The number of nitrogens with zero attached hydrogens (tertiary/aromatic N) is 1. The Hall–Kier alpha value is -3.55. The van der Waals surface area contributed by atoms with Crippen LogP contribution in [-0.4, -0.2) is 24.6 Å². The Morgan fingerprint density at radius 2 is 1.74 bits per heavy atom. The maximum atomic E-state index is 12.2. The van der Waals surface area contributed by atoms with E-state index < -0.39 is 11.8 Å². The van der Waals surface area contributed by atoms with Crippen molar-refractivity contribution in [2.24, 2.45) is 5.10 Å². The Balaban J connectivity index is 1.61. The number of rotatable bonds is 8. The monoisotopic (exact) mass is 513 g/mol. The summed E-state index contributed by atoms with van der Waals surface area (Å²) in [6.07, 6.45) is 1.41. The number of nitrogens with one attached hydrogen (secondary N) is 2. The molecule has 0 aliphatic rings. The number of aryl methyl sites for hydroxylation is 1. The molecule has 0 fully saturated rings. The van der Waals surface area contributed by atoms with Gasteiger partial charge in [0.2, 0.25) is 0 Å². The van der Waals surface area contributed by atoms with E-state index in [1.165, 1.54) is 6.21 Å². The van der Waals surface area contributed by atoms with Crippen molar-refractivity contribution >= 4 is 46.9 Å². The molecule has 2 amide bonds. The van der Waals surface area contributed by atoms with Gasteiger partial charge in [-0.3, -0.25) is 9.59 Å². The average Bonchev–Trinajstić information content (AvgIpc) is 2.83. The number of carbonyl (C=O) groups excluding carboxylic acids is 2. The summed E-state index contributed by atoms with van der Waals surface area (Å²) in [6.45, 7) is 6.36. The highest BCUT2D eigenvalue weighted by atomic mass is 35.5. The van der Waals surface area contributed by atoms with Crippen LogP contribution in [0.5, 0.6) is 11.5 Å². The number of carbonyl (C=O) groups is 2. The SMILES string of the molecule is CCOc1cc(/C=N\NC(=O)C(=O)Nc2cccc(C)c2C)ccc1OCc1ccc(Cl)c(Cl)c1. The molecule has 7 nitrogen and oxygen atoms in total. The van der Waals surface area contributed by atoms with Gasteiger partial charge in [-0.15, -0.1) is 0 Å². The molecule has 0 aromatic heterocycles. The van der Waals surface area contributed by atoms with Crippen LogP contribution in [0.1, 0.15) is 29.2 Å². The minimum absolute atomic E-state index is 0.274. The fraction of sp³-hybridized carbons (Fsp3) is 0.192. The van der Waals surface area contributed by atoms with Crippen LogP contribution in [0.15, 0.2) is 59.7 Å². The van der Waals surface area contributed by atoms with Crippen LogP contribution in [0.4, 0.5) is 5.69 Å². The molecule has 0 bridgehead atoms. The second kappa shape index (κ2) is 12.2. The van der Waals surface area contributed by atoms with E-state index in [9.17, 15) is 9.59 Å². The van der Waals surface area contributed by atoms with Crippen LogP contribution in [0.25, 0.3) is 0 Å². The summed E-state index contributed by atoms with van der Waals surface area (Å²) < 4.78 is 11.6. The zero-order valence-electron chi connectivity index (χ0n) is 19.5. The second-order valence-electron chi connectivity index (χ2n) is 7.58. The highest BCUT2D eigenvalue weighted by molar-refractivity contribution is 6.42. The Morgan fingerprint density at radius 3 is 2.49 bits per heavy atom. The first-order valence-corrected chi connectivity index (χ1v) is 11.6. The smallest absolute Gasteiger partial charge is 0.329 e. The second-order valence-corrected chi connectivity index (χ2v) is 8.39. The van der Waals surface area contributed by atoms with Gasteiger partial charge in [-0.25, -0.2) is 5.43 Å². The molecular formula is C26H25Cl2N3O4. The Morgan fingerprint density at radius 1 is 0.943 bits per heavy atom. The fourth-order valence-corrected chi connectivity index (χ4v) is 3.39. The molecule has 0 radical (unpaired) electrons. The molecule has 9 heteroatoms. The lowest BCUT2D eigenvalue weighted by atomic mass is 10.1. The van der Waals surface area contributed by atoms with Crippen molar-refractivity contribution in [3.63, 3.8) is 0 Å². The fourth-order valence-electron chi connectivity index (χ4n) is 3.06. The number of hydrazone groups is 1. The Bertz CT molecular complexity index is 1260. The Kier molecular flexibility index (Phi) is 9.11. The van der Waals surface area contributed by atoms with E-state index in [1.54, 1.807) is 36.4 Å². The van der Waals surface area contributed by atoms with Crippen LogP contribution >= 0.6 is 23.2 Å². The molecule has 3 aromatic rings. The van der Waals surface area contributed by atoms with Crippen molar-refractivity contribution in [2.45, 2.75) is 27.4 Å². The van der Waals surface area contributed by atoms with Crippen molar-refractivity contribution < 1.29 is 19.1 Å².